The van der Waals surface area contributed by atoms with Crippen molar-refractivity contribution in [3.8, 4) is 0 Å². The number of rotatable bonds is 4. The van der Waals surface area contributed by atoms with E-state index >= 15 is 0 Å². The number of carboxylic acids is 1. The molecule has 8 nitrogen and oxygen atoms in total. The second-order valence-electron chi connectivity index (χ2n) is 6.17. The number of aromatic carboxylic acids is 1. The summed E-state index contributed by atoms with van der Waals surface area (Å²) in [6, 6.07) is 0. The number of carbonyl (C=O) groups is 2. The van der Waals surface area contributed by atoms with Gasteiger partial charge in [0, 0.05) is 19.6 Å². The third-order valence-corrected chi connectivity index (χ3v) is 3.89. The van der Waals surface area contributed by atoms with Crippen molar-refractivity contribution in [3.63, 3.8) is 0 Å². The van der Waals surface area contributed by atoms with Gasteiger partial charge in [0.25, 0.3) is 0 Å². The fourth-order valence-electron chi connectivity index (χ4n) is 2.14. The Labute approximate surface area is 138 Å². The topological polar surface area (TPSA) is 101 Å². The third-order valence-electron chi connectivity index (χ3n) is 3.04. The Morgan fingerprint density at radius 1 is 1.57 bits per heavy atom. The Balaban J connectivity index is 1.89. The molecular formula is C14H21N3O5S. The number of hydrogen-bond acceptors (Lipinski definition) is 7. The largest absolute Gasteiger partial charge is 0.477 e. The van der Waals surface area contributed by atoms with Gasteiger partial charge in [0.15, 0.2) is 0 Å². The van der Waals surface area contributed by atoms with Crippen molar-refractivity contribution in [2.24, 2.45) is 0 Å². The molecule has 0 saturated carbocycles. The van der Waals surface area contributed by atoms with Crippen LogP contribution in [-0.2, 0) is 16.0 Å². The summed E-state index contributed by atoms with van der Waals surface area (Å²) in [5.74, 6) is -0.973. The van der Waals surface area contributed by atoms with Gasteiger partial charge in [0.1, 0.15) is 16.7 Å². The Bertz CT molecular complexity index is 569. The zero-order valence-electron chi connectivity index (χ0n) is 13.4. The van der Waals surface area contributed by atoms with Gasteiger partial charge in [-0.15, -0.1) is 11.3 Å². The molecule has 0 aliphatic carbocycles. The number of nitrogens with one attached hydrogen (secondary N) is 1. The monoisotopic (exact) mass is 343 g/mol. The fourth-order valence-corrected chi connectivity index (χ4v) is 2.78. The van der Waals surface area contributed by atoms with E-state index in [-0.39, 0.29) is 4.88 Å². The molecule has 0 bridgehead atoms. The van der Waals surface area contributed by atoms with E-state index in [4.69, 9.17) is 14.6 Å². The highest BCUT2D eigenvalue weighted by molar-refractivity contribution is 7.11. The average Bonchev–Trinajstić information content (AvgIpc) is 2.85. The van der Waals surface area contributed by atoms with Gasteiger partial charge in [0.2, 0.25) is 0 Å². The van der Waals surface area contributed by atoms with Gasteiger partial charge in [-0.05, 0) is 20.8 Å². The molecule has 1 fully saturated rings. The van der Waals surface area contributed by atoms with Crippen molar-refractivity contribution < 1.29 is 24.2 Å². The first-order valence-corrected chi connectivity index (χ1v) is 8.11. The maximum absolute atomic E-state index is 11.8. The predicted molar refractivity (Wildman–Crippen MR) is 83.5 cm³/mol. The molecule has 1 amide bonds. The standard InChI is InChI=1S/C14H21N3O5S/c1-14(2,3)22-13(20)16-10-7-17(4-5-21-10)6-9-11(12(18)19)23-8-15-9/h8,10H,4-7H2,1-3H3,(H,16,20)(H,18,19). The van der Waals surface area contributed by atoms with Crippen LogP contribution in [-0.4, -0.2) is 58.6 Å². The molecule has 2 heterocycles. The lowest BCUT2D eigenvalue weighted by Crippen LogP contribution is -2.51. The molecule has 1 aliphatic heterocycles. The number of alkyl carbamates (subject to hydrolysis) is 1. The van der Waals surface area contributed by atoms with Crippen molar-refractivity contribution in [1.82, 2.24) is 15.2 Å². The Morgan fingerprint density at radius 2 is 2.30 bits per heavy atom. The Morgan fingerprint density at radius 3 is 2.96 bits per heavy atom. The van der Waals surface area contributed by atoms with Crippen molar-refractivity contribution in [2.75, 3.05) is 19.7 Å². The highest BCUT2D eigenvalue weighted by atomic mass is 32.1. The van der Waals surface area contributed by atoms with Gasteiger partial charge in [-0.25, -0.2) is 14.6 Å². The van der Waals surface area contributed by atoms with Crippen LogP contribution in [0.2, 0.25) is 0 Å². The second-order valence-corrected chi connectivity index (χ2v) is 7.03. The summed E-state index contributed by atoms with van der Waals surface area (Å²) in [6.07, 6.45) is -1.03. The number of thiazole rings is 1. The van der Waals surface area contributed by atoms with Gasteiger partial charge in [-0.1, -0.05) is 0 Å². The van der Waals surface area contributed by atoms with E-state index in [1.807, 2.05) is 4.90 Å². The fraction of sp³-hybridized carbons (Fsp3) is 0.643. The van der Waals surface area contributed by atoms with Crippen LogP contribution in [0, 0.1) is 0 Å². The summed E-state index contributed by atoms with van der Waals surface area (Å²) in [7, 11) is 0. The number of carboxylic acid groups (broad SMARTS) is 1. The van der Waals surface area contributed by atoms with Crippen LogP contribution in [0.25, 0.3) is 0 Å². The first-order chi connectivity index (χ1) is 10.7. The summed E-state index contributed by atoms with van der Waals surface area (Å²) in [4.78, 5) is 29.2. The SMILES string of the molecule is CC(C)(C)OC(=O)NC1CN(Cc2ncsc2C(=O)O)CCO1. The van der Waals surface area contributed by atoms with E-state index in [0.29, 0.717) is 31.9 Å². The molecule has 1 aromatic rings. The molecule has 2 N–H and O–H groups in total. The summed E-state index contributed by atoms with van der Waals surface area (Å²) >= 11 is 1.11. The van der Waals surface area contributed by atoms with Crippen molar-refractivity contribution in [2.45, 2.75) is 39.1 Å². The van der Waals surface area contributed by atoms with Crippen LogP contribution >= 0.6 is 11.3 Å². The minimum Gasteiger partial charge on any atom is -0.477 e. The van der Waals surface area contributed by atoms with E-state index in [1.165, 1.54) is 5.51 Å². The molecule has 0 aromatic carbocycles. The maximum atomic E-state index is 11.8. The molecule has 1 saturated heterocycles. The molecule has 0 radical (unpaired) electrons. The number of hydrogen-bond donors (Lipinski definition) is 2. The van der Waals surface area contributed by atoms with Crippen LogP contribution in [0.1, 0.15) is 36.1 Å². The lowest BCUT2D eigenvalue weighted by atomic mass is 10.2. The number of carbonyl (C=O) groups excluding carboxylic acids is 1. The first-order valence-electron chi connectivity index (χ1n) is 7.24. The van der Waals surface area contributed by atoms with E-state index in [0.717, 1.165) is 11.3 Å². The van der Waals surface area contributed by atoms with Crippen LogP contribution in [0.15, 0.2) is 5.51 Å². The first kappa shape index (κ1) is 17.6. The van der Waals surface area contributed by atoms with Crippen molar-refractivity contribution in [1.29, 1.82) is 0 Å². The quantitative estimate of drug-likeness (QED) is 0.855. The zero-order valence-corrected chi connectivity index (χ0v) is 14.2. The summed E-state index contributed by atoms with van der Waals surface area (Å²) in [6.45, 7) is 7.29. The maximum Gasteiger partial charge on any atom is 0.409 e. The molecule has 1 aliphatic rings. The average molecular weight is 343 g/mol. The smallest absolute Gasteiger partial charge is 0.409 e. The minimum absolute atomic E-state index is 0.244. The molecular weight excluding hydrogens is 322 g/mol. The minimum atomic E-state index is -0.973. The van der Waals surface area contributed by atoms with Crippen molar-refractivity contribution >= 4 is 23.4 Å². The van der Waals surface area contributed by atoms with Crippen LogP contribution in [0.4, 0.5) is 4.79 Å². The predicted octanol–water partition coefficient (Wildman–Crippen LogP) is 1.52. The zero-order chi connectivity index (χ0) is 17.0. The molecule has 128 valence electrons. The molecule has 1 aromatic heterocycles. The Kier molecular flexibility index (Phi) is 5.55. The third kappa shape index (κ3) is 5.45. The van der Waals surface area contributed by atoms with E-state index in [9.17, 15) is 9.59 Å². The van der Waals surface area contributed by atoms with Crippen LogP contribution in [0.3, 0.4) is 0 Å². The Hall–Kier alpha value is -1.71. The normalized spacial score (nSPS) is 19.3. The van der Waals surface area contributed by atoms with Gasteiger partial charge in [-0.3, -0.25) is 10.2 Å². The van der Waals surface area contributed by atoms with Crippen LogP contribution in [0.5, 0.6) is 0 Å². The molecule has 9 heteroatoms. The van der Waals surface area contributed by atoms with Gasteiger partial charge < -0.3 is 14.6 Å². The molecule has 2 rings (SSSR count). The number of nitrogens with zero attached hydrogens (tertiary/aromatic N) is 2. The molecule has 23 heavy (non-hydrogen) atoms. The lowest BCUT2D eigenvalue weighted by Gasteiger charge is -2.33. The van der Waals surface area contributed by atoms with Crippen molar-refractivity contribution in [3.05, 3.63) is 16.1 Å². The second kappa shape index (κ2) is 7.24. The number of aromatic nitrogens is 1. The molecule has 1 unspecified atom stereocenters. The summed E-state index contributed by atoms with van der Waals surface area (Å²) in [5, 5.41) is 11.8. The molecule has 1 atom stereocenters. The summed E-state index contributed by atoms with van der Waals surface area (Å²) < 4.78 is 10.7. The van der Waals surface area contributed by atoms with E-state index < -0.39 is 23.9 Å². The highest BCUT2D eigenvalue weighted by Crippen LogP contribution is 2.17. The van der Waals surface area contributed by atoms with E-state index in [1.54, 1.807) is 20.8 Å². The molecule has 0 spiro atoms. The van der Waals surface area contributed by atoms with Gasteiger partial charge in [0.05, 0.1) is 17.8 Å². The number of ether oxygens (including phenoxy) is 2. The highest BCUT2D eigenvalue weighted by Gasteiger charge is 2.26. The van der Waals surface area contributed by atoms with Gasteiger partial charge in [-0.2, -0.15) is 0 Å². The summed E-state index contributed by atoms with van der Waals surface area (Å²) in [5.41, 5.74) is 1.48. The number of amides is 1. The number of morpholine rings is 1. The lowest BCUT2D eigenvalue weighted by molar-refractivity contribution is -0.0516. The van der Waals surface area contributed by atoms with Crippen LogP contribution < -0.4 is 5.32 Å². The van der Waals surface area contributed by atoms with Gasteiger partial charge >= 0.3 is 12.1 Å². The van der Waals surface area contributed by atoms with E-state index in [2.05, 4.69) is 10.3 Å².